The molecule has 3 nitrogen and oxygen atoms in total. The van der Waals surface area contributed by atoms with Crippen molar-refractivity contribution < 1.29 is 0 Å². The van der Waals surface area contributed by atoms with Gasteiger partial charge in [0.25, 0.3) is 0 Å². The molecular weight excluding hydrogens is 158 g/mol. The average molecular weight is 171 g/mol. The number of nitrogens with zero attached hydrogens (tertiary/aromatic N) is 1. The quantitative estimate of drug-likeness (QED) is 0.401. The lowest BCUT2D eigenvalue weighted by molar-refractivity contribution is 0.257. The van der Waals surface area contributed by atoms with Crippen LogP contribution in [0.25, 0.3) is 0 Å². The topological polar surface area (TPSA) is 41.3 Å². The number of hydrogen-bond donors (Lipinski definition) is 2. The van der Waals surface area contributed by atoms with Crippen LogP contribution in [-0.2, 0) is 0 Å². The summed E-state index contributed by atoms with van der Waals surface area (Å²) >= 11 is 1.70. The zero-order valence-electron chi connectivity index (χ0n) is 6.74. The molecular formula is C7H13N3S. The van der Waals surface area contributed by atoms with E-state index in [1.54, 1.807) is 11.3 Å². The predicted octanol–water partition coefficient (Wildman–Crippen LogP) is 0.772. The van der Waals surface area contributed by atoms with Crippen LogP contribution in [0.1, 0.15) is 11.0 Å². The summed E-state index contributed by atoms with van der Waals surface area (Å²) in [6.45, 7) is 0. The maximum absolute atomic E-state index is 5.38. The van der Waals surface area contributed by atoms with Crippen molar-refractivity contribution in [2.75, 3.05) is 14.1 Å². The van der Waals surface area contributed by atoms with E-state index in [2.05, 4.69) is 11.5 Å². The maximum atomic E-state index is 5.38. The summed E-state index contributed by atoms with van der Waals surface area (Å²) in [4.78, 5) is 3.27. The number of hydrazine groups is 1. The Morgan fingerprint density at radius 2 is 2.36 bits per heavy atom. The summed E-state index contributed by atoms with van der Waals surface area (Å²) < 4.78 is 0. The predicted molar refractivity (Wildman–Crippen MR) is 48.1 cm³/mol. The van der Waals surface area contributed by atoms with Crippen LogP contribution < -0.4 is 11.3 Å². The van der Waals surface area contributed by atoms with E-state index >= 15 is 0 Å². The smallest absolute Gasteiger partial charge is 0.107 e. The van der Waals surface area contributed by atoms with Crippen molar-refractivity contribution in [3.63, 3.8) is 0 Å². The van der Waals surface area contributed by atoms with E-state index in [0.29, 0.717) is 0 Å². The third-order valence-corrected chi connectivity index (χ3v) is 2.41. The average Bonchev–Trinajstić information content (AvgIpc) is 2.40. The second kappa shape index (κ2) is 3.82. The molecule has 0 saturated heterocycles. The van der Waals surface area contributed by atoms with E-state index in [4.69, 9.17) is 5.84 Å². The third kappa shape index (κ3) is 2.00. The lowest BCUT2D eigenvalue weighted by Crippen LogP contribution is -2.37. The fourth-order valence-electron chi connectivity index (χ4n) is 0.933. The van der Waals surface area contributed by atoms with Gasteiger partial charge in [-0.25, -0.2) is 5.43 Å². The molecule has 0 aliphatic carbocycles. The third-order valence-electron chi connectivity index (χ3n) is 1.49. The van der Waals surface area contributed by atoms with E-state index < -0.39 is 0 Å². The van der Waals surface area contributed by atoms with Gasteiger partial charge in [0.05, 0.1) is 0 Å². The normalized spacial score (nSPS) is 13.8. The number of hydrogen-bond acceptors (Lipinski definition) is 4. The highest BCUT2D eigenvalue weighted by Gasteiger charge is 2.11. The molecule has 0 aliphatic rings. The van der Waals surface area contributed by atoms with Gasteiger partial charge in [-0.05, 0) is 25.5 Å². The second-order valence-corrected chi connectivity index (χ2v) is 3.53. The van der Waals surface area contributed by atoms with Gasteiger partial charge < -0.3 is 0 Å². The fraction of sp³-hybridized carbons (Fsp3) is 0.429. The fourth-order valence-corrected chi connectivity index (χ4v) is 1.81. The molecule has 1 aromatic heterocycles. The number of thiophene rings is 1. The highest BCUT2D eigenvalue weighted by Crippen LogP contribution is 2.19. The molecule has 1 aromatic rings. The van der Waals surface area contributed by atoms with Crippen LogP contribution in [0.15, 0.2) is 17.5 Å². The van der Waals surface area contributed by atoms with E-state index in [-0.39, 0.29) is 6.17 Å². The van der Waals surface area contributed by atoms with E-state index in [1.165, 1.54) is 4.88 Å². The molecule has 0 aromatic carbocycles. The van der Waals surface area contributed by atoms with Crippen LogP contribution in [0.4, 0.5) is 0 Å². The Bertz CT molecular complexity index is 195. The second-order valence-electron chi connectivity index (χ2n) is 2.55. The SMILES string of the molecule is CN(C)C(NN)c1cccs1. The Labute approximate surface area is 70.8 Å². The Morgan fingerprint density at radius 1 is 1.64 bits per heavy atom. The van der Waals surface area contributed by atoms with Gasteiger partial charge in [0.2, 0.25) is 0 Å². The van der Waals surface area contributed by atoms with Crippen LogP contribution in [0.5, 0.6) is 0 Å². The van der Waals surface area contributed by atoms with E-state index in [9.17, 15) is 0 Å². The van der Waals surface area contributed by atoms with E-state index in [1.807, 2.05) is 30.4 Å². The van der Waals surface area contributed by atoms with Gasteiger partial charge >= 0.3 is 0 Å². The van der Waals surface area contributed by atoms with Crippen LogP contribution in [0, 0.1) is 0 Å². The lowest BCUT2D eigenvalue weighted by Gasteiger charge is -2.21. The van der Waals surface area contributed by atoms with Gasteiger partial charge in [-0.2, -0.15) is 0 Å². The summed E-state index contributed by atoms with van der Waals surface area (Å²) in [5.41, 5.74) is 2.74. The molecule has 0 amide bonds. The van der Waals surface area contributed by atoms with Crippen molar-refractivity contribution in [2.24, 2.45) is 5.84 Å². The van der Waals surface area contributed by atoms with Gasteiger partial charge in [0.15, 0.2) is 0 Å². The minimum absolute atomic E-state index is 0.134. The standard InChI is InChI=1S/C7H13N3S/c1-10(2)7(9-8)6-4-3-5-11-6/h3-5,7,9H,8H2,1-2H3. The number of rotatable bonds is 3. The molecule has 0 radical (unpaired) electrons. The largest absolute Gasteiger partial charge is 0.289 e. The summed E-state index contributed by atoms with van der Waals surface area (Å²) in [6, 6.07) is 4.09. The first-order valence-corrected chi connectivity index (χ1v) is 4.29. The number of nitrogens with two attached hydrogens (primary N) is 1. The molecule has 0 spiro atoms. The van der Waals surface area contributed by atoms with Gasteiger partial charge in [0, 0.05) is 4.88 Å². The maximum Gasteiger partial charge on any atom is 0.107 e. The molecule has 0 fully saturated rings. The first-order valence-electron chi connectivity index (χ1n) is 3.41. The molecule has 1 rings (SSSR count). The zero-order valence-corrected chi connectivity index (χ0v) is 7.56. The first-order chi connectivity index (χ1) is 5.25. The van der Waals surface area contributed by atoms with Crippen LogP contribution in [0.3, 0.4) is 0 Å². The zero-order chi connectivity index (χ0) is 8.27. The lowest BCUT2D eigenvalue weighted by atomic mass is 10.4. The monoisotopic (exact) mass is 171 g/mol. The summed E-state index contributed by atoms with van der Waals surface area (Å²) in [7, 11) is 3.98. The number of nitrogens with one attached hydrogen (secondary N) is 1. The molecule has 4 heteroatoms. The van der Waals surface area contributed by atoms with Crippen molar-refractivity contribution in [3.8, 4) is 0 Å². The van der Waals surface area contributed by atoms with Crippen LogP contribution in [-0.4, -0.2) is 19.0 Å². The van der Waals surface area contributed by atoms with Crippen molar-refractivity contribution >= 4 is 11.3 Å². The van der Waals surface area contributed by atoms with Crippen molar-refractivity contribution in [1.82, 2.24) is 10.3 Å². The molecule has 0 bridgehead atoms. The van der Waals surface area contributed by atoms with Crippen molar-refractivity contribution in [2.45, 2.75) is 6.17 Å². The molecule has 1 atom stereocenters. The molecule has 0 saturated carbocycles. The summed E-state index contributed by atoms with van der Waals surface area (Å²) in [6.07, 6.45) is 0.134. The minimum atomic E-state index is 0.134. The summed E-state index contributed by atoms with van der Waals surface area (Å²) in [5.74, 6) is 5.38. The van der Waals surface area contributed by atoms with E-state index in [0.717, 1.165) is 0 Å². The van der Waals surface area contributed by atoms with Gasteiger partial charge in [0.1, 0.15) is 6.17 Å². The van der Waals surface area contributed by atoms with Crippen LogP contribution in [0.2, 0.25) is 0 Å². The Hall–Kier alpha value is -0.420. The highest BCUT2D eigenvalue weighted by atomic mass is 32.1. The molecule has 62 valence electrons. The van der Waals surface area contributed by atoms with Gasteiger partial charge in [-0.1, -0.05) is 6.07 Å². The van der Waals surface area contributed by atoms with Gasteiger partial charge in [-0.15, -0.1) is 11.3 Å². The highest BCUT2D eigenvalue weighted by molar-refractivity contribution is 7.10. The van der Waals surface area contributed by atoms with Crippen LogP contribution >= 0.6 is 11.3 Å². The minimum Gasteiger partial charge on any atom is -0.289 e. The Balaban J connectivity index is 2.71. The molecule has 0 aliphatic heterocycles. The van der Waals surface area contributed by atoms with Gasteiger partial charge in [-0.3, -0.25) is 10.7 Å². The molecule has 3 N–H and O–H groups in total. The molecule has 11 heavy (non-hydrogen) atoms. The molecule has 1 unspecified atom stereocenters. The molecule has 1 heterocycles. The van der Waals surface area contributed by atoms with Crippen molar-refractivity contribution in [3.05, 3.63) is 22.4 Å². The first kappa shape index (κ1) is 8.67. The van der Waals surface area contributed by atoms with Crippen molar-refractivity contribution in [1.29, 1.82) is 0 Å². The Morgan fingerprint density at radius 3 is 2.73 bits per heavy atom. The summed E-state index contributed by atoms with van der Waals surface area (Å²) in [5, 5.41) is 2.04. The Kier molecular flexibility index (Phi) is 3.02.